The Labute approximate surface area is 103 Å². The van der Waals surface area contributed by atoms with E-state index >= 15 is 0 Å². The molecule has 0 radical (unpaired) electrons. The van der Waals surface area contributed by atoms with Gasteiger partial charge in [0.15, 0.2) is 0 Å². The second kappa shape index (κ2) is 5.51. The molecule has 4 heteroatoms. The average Bonchev–Trinajstić information content (AvgIpc) is 2.41. The van der Waals surface area contributed by atoms with E-state index in [9.17, 15) is 9.59 Å². The predicted octanol–water partition coefficient (Wildman–Crippen LogP) is 3.29. The minimum atomic E-state index is 0.402. The summed E-state index contributed by atoms with van der Waals surface area (Å²) in [6.07, 6.45) is 2.95. The molecule has 0 N–H and O–H groups in total. The third-order valence-electron chi connectivity index (χ3n) is 2.41. The maximum Gasteiger partial charge on any atom is 0.240 e. The van der Waals surface area contributed by atoms with Crippen LogP contribution in [-0.4, -0.2) is 12.2 Å². The third-order valence-corrected chi connectivity index (χ3v) is 2.41. The normalized spacial score (nSPS) is 9.11. The second-order valence-electron chi connectivity index (χ2n) is 3.47. The maximum atomic E-state index is 10.4. The van der Waals surface area contributed by atoms with Gasteiger partial charge in [-0.3, -0.25) is 0 Å². The highest BCUT2D eigenvalue weighted by Gasteiger charge is 2.05. The Hall–Kier alpha value is -2.80. The summed E-state index contributed by atoms with van der Waals surface area (Å²) < 4.78 is 0. The summed E-state index contributed by atoms with van der Waals surface area (Å²) in [6.45, 7) is 0. The molecule has 0 amide bonds. The Balaban J connectivity index is 2.60. The van der Waals surface area contributed by atoms with Crippen molar-refractivity contribution >= 4 is 23.5 Å². The van der Waals surface area contributed by atoms with E-state index in [1.807, 2.05) is 30.3 Å². The summed E-state index contributed by atoms with van der Waals surface area (Å²) in [4.78, 5) is 27.7. The van der Waals surface area contributed by atoms with E-state index in [1.165, 1.54) is 18.2 Å². The van der Waals surface area contributed by atoms with Crippen molar-refractivity contribution < 1.29 is 9.59 Å². The molecule has 0 saturated heterocycles. The van der Waals surface area contributed by atoms with Crippen molar-refractivity contribution in [3.05, 3.63) is 48.5 Å². The number of hydrogen-bond acceptors (Lipinski definition) is 4. The lowest BCUT2D eigenvalue weighted by Crippen LogP contribution is -1.78. The van der Waals surface area contributed by atoms with Crippen LogP contribution in [0.5, 0.6) is 0 Å². The summed E-state index contributed by atoms with van der Waals surface area (Å²) in [5.74, 6) is 0. The second-order valence-corrected chi connectivity index (χ2v) is 3.47. The quantitative estimate of drug-likeness (QED) is 0.606. The smallest absolute Gasteiger partial charge is 0.211 e. The Morgan fingerprint density at radius 2 is 1.56 bits per heavy atom. The van der Waals surface area contributed by atoms with Gasteiger partial charge in [-0.15, -0.1) is 0 Å². The fraction of sp³-hybridized carbons (Fsp3) is 0. The number of isocyanates is 2. The van der Waals surface area contributed by atoms with Crippen LogP contribution in [0, 0.1) is 0 Å². The van der Waals surface area contributed by atoms with E-state index in [-0.39, 0.29) is 0 Å². The van der Waals surface area contributed by atoms with Gasteiger partial charge in [0, 0.05) is 5.56 Å². The van der Waals surface area contributed by atoms with Gasteiger partial charge in [-0.2, -0.15) is 9.98 Å². The van der Waals surface area contributed by atoms with Crippen molar-refractivity contribution in [3.63, 3.8) is 0 Å². The summed E-state index contributed by atoms with van der Waals surface area (Å²) >= 11 is 0. The average molecular weight is 236 g/mol. The molecular formula is C14H8N2O2. The molecule has 0 saturated carbocycles. The van der Waals surface area contributed by atoms with Gasteiger partial charge in [-0.25, -0.2) is 9.59 Å². The Morgan fingerprint density at radius 1 is 0.833 bits per heavy atom. The van der Waals surface area contributed by atoms with Gasteiger partial charge in [0.05, 0.1) is 11.4 Å². The SMILES string of the molecule is O=C=Nc1ccc(-c2ccccc2)c(N=C=O)c1. The Morgan fingerprint density at radius 3 is 2.22 bits per heavy atom. The van der Waals surface area contributed by atoms with Gasteiger partial charge in [0.25, 0.3) is 0 Å². The van der Waals surface area contributed by atoms with Crippen LogP contribution >= 0.6 is 0 Å². The van der Waals surface area contributed by atoms with Crippen LogP contribution in [0.4, 0.5) is 11.4 Å². The van der Waals surface area contributed by atoms with E-state index in [0.29, 0.717) is 11.4 Å². The first-order valence-electron chi connectivity index (χ1n) is 5.20. The zero-order chi connectivity index (χ0) is 12.8. The topological polar surface area (TPSA) is 58.9 Å². The van der Waals surface area contributed by atoms with Crippen LogP contribution in [0.2, 0.25) is 0 Å². The fourth-order valence-corrected chi connectivity index (χ4v) is 1.65. The van der Waals surface area contributed by atoms with Crippen molar-refractivity contribution in [2.75, 3.05) is 0 Å². The zero-order valence-electron chi connectivity index (χ0n) is 9.33. The Kier molecular flexibility index (Phi) is 3.57. The predicted molar refractivity (Wildman–Crippen MR) is 67.4 cm³/mol. The molecule has 0 aromatic heterocycles. The number of carbonyl (C=O) groups excluding carboxylic acids is 2. The number of hydrogen-bond donors (Lipinski definition) is 0. The standard InChI is InChI=1S/C14H8N2O2/c17-9-15-12-6-7-13(14(8-12)16-10-18)11-4-2-1-3-5-11/h1-8H. The molecule has 0 unspecified atom stereocenters. The first-order chi connectivity index (χ1) is 8.85. The first-order valence-corrected chi connectivity index (χ1v) is 5.20. The van der Waals surface area contributed by atoms with E-state index in [4.69, 9.17) is 0 Å². The summed E-state index contributed by atoms with van der Waals surface area (Å²) in [7, 11) is 0. The number of nitrogens with zero attached hydrogens (tertiary/aromatic N) is 2. The Bertz CT molecular complexity index is 653. The molecular weight excluding hydrogens is 228 g/mol. The number of aliphatic imine (C=N–C) groups is 2. The molecule has 0 fully saturated rings. The highest BCUT2D eigenvalue weighted by Crippen LogP contribution is 2.33. The molecule has 0 atom stereocenters. The van der Waals surface area contributed by atoms with E-state index in [2.05, 4.69) is 9.98 Å². The van der Waals surface area contributed by atoms with Gasteiger partial charge in [-0.1, -0.05) is 36.4 Å². The molecule has 4 nitrogen and oxygen atoms in total. The van der Waals surface area contributed by atoms with Gasteiger partial charge in [-0.05, 0) is 17.7 Å². The van der Waals surface area contributed by atoms with Crippen molar-refractivity contribution in [3.8, 4) is 11.1 Å². The minimum absolute atomic E-state index is 0.402. The van der Waals surface area contributed by atoms with Gasteiger partial charge in [0.2, 0.25) is 12.2 Å². The third kappa shape index (κ3) is 2.47. The molecule has 2 aromatic rings. The number of rotatable bonds is 3. The van der Waals surface area contributed by atoms with E-state index in [1.54, 1.807) is 12.1 Å². The highest BCUT2D eigenvalue weighted by molar-refractivity contribution is 5.79. The molecule has 0 bridgehead atoms. The summed E-state index contributed by atoms with van der Waals surface area (Å²) in [6, 6.07) is 14.4. The number of benzene rings is 2. The molecule has 0 aliphatic heterocycles. The van der Waals surface area contributed by atoms with E-state index in [0.717, 1.165) is 11.1 Å². The monoisotopic (exact) mass is 236 g/mol. The molecule has 86 valence electrons. The lowest BCUT2D eigenvalue weighted by Gasteiger charge is -2.05. The maximum absolute atomic E-state index is 10.4. The van der Waals surface area contributed by atoms with Crippen molar-refractivity contribution in [1.82, 2.24) is 0 Å². The lowest BCUT2D eigenvalue weighted by atomic mass is 10.0. The highest BCUT2D eigenvalue weighted by atomic mass is 16.1. The van der Waals surface area contributed by atoms with Gasteiger partial charge < -0.3 is 0 Å². The van der Waals surface area contributed by atoms with Crippen LogP contribution < -0.4 is 0 Å². The fourth-order valence-electron chi connectivity index (χ4n) is 1.65. The van der Waals surface area contributed by atoms with Gasteiger partial charge in [0.1, 0.15) is 0 Å². The largest absolute Gasteiger partial charge is 0.240 e. The molecule has 0 aliphatic rings. The van der Waals surface area contributed by atoms with Crippen LogP contribution in [0.1, 0.15) is 0 Å². The van der Waals surface area contributed by atoms with Crippen LogP contribution in [0.3, 0.4) is 0 Å². The minimum Gasteiger partial charge on any atom is -0.211 e. The van der Waals surface area contributed by atoms with Crippen LogP contribution in [-0.2, 0) is 9.59 Å². The molecule has 0 aliphatic carbocycles. The van der Waals surface area contributed by atoms with Crippen molar-refractivity contribution in [1.29, 1.82) is 0 Å². The summed E-state index contributed by atoms with van der Waals surface area (Å²) in [5.41, 5.74) is 2.53. The summed E-state index contributed by atoms with van der Waals surface area (Å²) in [5, 5.41) is 0. The van der Waals surface area contributed by atoms with E-state index < -0.39 is 0 Å². The molecule has 0 spiro atoms. The van der Waals surface area contributed by atoms with Gasteiger partial charge >= 0.3 is 0 Å². The van der Waals surface area contributed by atoms with Crippen LogP contribution in [0.15, 0.2) is 58.5 Å². The first kappa shape index (κ1) is 11.7. The zero-order valence-corrected chi connectivity index (χ0v) is 9.33. The lowest BCUT2D eigenvalue weighted by molar-refractivity contribution is 0.565. The van der Waals surface area contributed by atoms with Crippen LogP contribution in [0.25, 0.3) is 11.1 Å². The molecule has 18 heavy (non-hydrogen) atoms. The molecule has 2 rings (SSSR count). The van der Waals surface area contributed by atoms with Crippen molar-refractivity contribution in [2.45, 2.75) is 0 Å². The van der Waals surface area contributed by atoms with Crippen molar-refractivity contribution in [2.24, 2.45) is 9.98 Å². The molecule has 2 aromatic carbocycles. The molecule has 0 heterocycles.